The molecule has 1 aromatic carbocycles. The largest absolute Gasteiger partial charge is 0.304 e. The molecule has 0 unspecified atom stereocenters. The van der Waals surface area contributed by atoms with E-state index in [1.54, 1.807) is 0 Å². The molecule has 8 heteroatoms. The van der Waals surface area contributed by atoms with Crippen molar-refractivity contribution in [2.24, 2.45) is 0 Å². The van der Waals surface area contributed by atoms with E-state index in [1.165, 1.54) is 18.2 Å². The molecule has 6 nitrogen and oxygen atoms in total. The standard InChI is InChI=1S/C16H13F2N5O/c17-10-5-1-3-8(14(10)18)12-7-13(22-21-12)19-16(24)15-9-4-2-6-11(9)20-23-15/h1,3,5,7H,2,4,6H2,(H,20,23)(H2,19,21,22,24). The van der Waals surface area contributed by atoms with Gasteiger partial charge in [0.25, 0.3) is 5.91 Å². The van der Waals surface area contributed by atoms with Gasteiger partial charge in [-0.3, -0.25) is 15.0 Å². The van der Waals surface area contributed by atoms with Crippen molar-refractivity contribution in [1.82, 2.24) is 20.4 Å². The predicted octanol–water partition coefficient (Wildman–Crippen LogP) is 2.82. The molecule has 4 rings (SSSR count). The smallest absolute Gasteiger partial charge is 0.277 e. The van der Waals surface area contributed by atoms with Crippen molar-refractivity contribution in [2.75, 3.05) is 5.32 Å². The Labute approximate surface area is 135 Å². The highest BCUT2D eigenvalue weighted by molar-refractivity contribution is 6.03. The molecule has 0 spiro atoms. The van der Waals surface area contributed by atoms with E-state index in [0.717, 1.165) is 36.6 Å². The van der Waals surface area contributed by atoms with E-state index in [-0.39, 0.29) is 23.0 Å². The minimum absolute atomic E-state index is 0.0451. The van der Waals surface area contributed by atoms with E-state index >= 15 is 0 Å². The van der Waals surface area contributed by atoms with Crippen molar-refractivity contribution in [3.05, 3.63) is 52.9 Å². The Balaban J connectivity index is 1.57. The quantitative estimate of drug-likeness (QED) is 0.690. The van der Waals surface area contributed by atoms with Gasteiger partial charge in [0, 0.05) is 22.9 Å². The lowest BCUT2D eigenvalue weighted by molar-refractivity contribution is 0.102. The Bertz CT molecular complexity index is 930. The number of hydrogen-bond acceptors (Lipinski definition) is 3. The molecule has 1 aliphatic carbocycles. The Kier molecular flexibility index (Phi) is 3.37. The SMILES string of the molecule is O=C(Nc1cc(-c2cccc(F)c2F)[nH]n1)c1n[nH]c2c1CCC2. The number of carbonyl (C=O) groups is 1. The van der Waals surface area contributed by atoms with Crippen molar-refractivity contribution in [3.8, 4) is 11.3 Å². The lowest BCUT2D eigenvalue weighted by Crippen LogP contribution is -2.14. The van der Waals surface area contributed by atoms with Gasteiger partial charge in [-0.2, -0.15) is 10.2 Å². The number of halogens is 2. The number of rotatable bonds is 3. The molecule has 2 heterocycles. The summed E-state index contributed by atoms with van der Waals surface area (Å²) in [5.74, 6) is -2.08. The van der Waals surface area contributed by atoms with Crippen molar-refractivity contribution in [1.29, 1.82) is 0 Å². The van der Waals surface area contributed by atoms with Gasteiger partial charge in [0.15, 0.2) is 23.1 Å². The third-order valence-corrected chi connectivity index (χ3v) is 4.08. The topological polar surface area (TPSA) is 86.5 Å². The van der Waals surface area contributed by atoms with Gasteiger partial charge in [-0.25, -0.2) is 8.78 Å². The molecule has 122 valence electrons. The van der Waals surface area contributed by atoms with Gasteiger partial charge < -0.3 is 5.32 Å². The van der Waals surface area contributed by atoms with Crippen LogP contribution in [0.4, 0.5) is 14.6 Å². The molecule has 0 saturated heterocycles. The van der Waals surface area contributed by atoms with Crippen LogP contribution in [0.1, 0.15) is 28.2 Å². The molecule has 0 radical (unpaired) electrons. The summed E-state index contributed by atoms with van der Waals surface area (Å²) in [6, 6.07) is 5.32. The van der Waals surface area contributed by atoms with Crippen molar-refractivity contribution in [3.63, 3.8) is 0 Å². The second kappa shape index (κ2) is 5.55. The number of carbonyl (C=O) groups excluding carboxylic acids is 1. The molecule has 0 saturated carbocycles. The number of fused-ring (bicyclic) bond motifs is 1. The van der Waals surface area contributed by atoms with Gasteiger partial charge in [0.2, 0.25) is 0 Å². The number of nitrogens with one attached hydrogen (secondary N) is 3. The normalized spacial score (nSPS) is 13.1. The molecule has 1 aliphatic rings. The summed E-state index contributed by atoms with van der Waals surface area (Å²) in [6.07, 6.45) is 2.70. The molecule has 3 aromatic rings. The number of amides is 1. The molecular weight excluding hydrogens is 316 g/mol. The van der Waals surface area contributed by atoms with Crippen LogP contribution in [-0.2, 0) is 12.8 Å². The zero-order valence-corrected chi connectivity index (χ0v) is 12.5. The first-order valence-electron chi connectivity index (χ1n) is 7.50. The van der Waals surface area contributed by atoms with Gasteiger partial charge in [0.1, 0.15) is 0 Å². The number of H-pyrrole nitrogens is 2. The van der Waals surface area contributed by atoms with E-state index in [1.807, 2.05) is 0 Å². The Hall–Kier alpha value is -3.03. The van der Waals surface area contributed by atoms with Crippen molar-refractivity contribution >= 4 is 11.7 Å². The molecule has 2 aromatic heterocycles. The highest BCUT2D eigenvalue weighted by atomic mass is 19.2. The highest BCUT2D eigenvalue weighted by Gasteiger charge is 2.23. The van der Waals surface area contributed by atoms with Crippen LogP contribution in [0.3, 0.4) is 0 Å². The second-order valence-electron chi connectivity index (χ2n) is 5.61. The third-order valence-electron chi connectivity index (χ3n) is 4.08. The van der Waals surface area contributed by atoms with Crippen LogP contribution in [0.5, 0.6) is 0 Å². The Morgan fingerprint density at radius 2 is 2.04 bits per heavy atom. The van der Waals surface area contributed by atoms with Crippen LogP contribution < -0.4 is 5.32 Å². The summed E-state index contributed by atoms with van der Waals surface area (Å²) in [7, 11) is 0. The minimum atomic E-state index is -0.968. The molecule has 0 fully saturated rings. The summed E-state index contributed by atoms with van der Waals surface area (Å²) >= 11 is 0. The first-order chi connectivity index (χ1) is 11.6. The van der Waals surface area contributed by atoms with Crippen LogP contribution in [0.2, 0.25) is 0 Å². The number of aryl methyl sites for hydroxylation is 1. The summed E-state index contributed by atoms with van der Waals surface area (Å²) in [6.45, 7) is 0. The fourth-order valence-electron chi connectivity index (χ4n) is 2.92. The molecule has 0 atom stereocenters. The summed E-state index contributed by atoms with van der Waals surface area (Å²) in [5.41, 5.74) is 2.59. The number of nitrogens with zero attached hydrogens (tertiary/aromatic N) is 2. The number of hydrogen-bond donors (Lipinski definition) is 3. The van der Waals surface area contributed by atoms with E-state index in [0.29, 0.717) is 5.69 Å². The highest BCUT2D eigenvalue weighted by Crippen LogP contribution is 2.26. The monoisotopic (exact) mass is 329 g/mol. The second-order valence-corrected chi connectivity index (χ2v) is 5.61. The van der Waals surface area contributed by atoms with E-state index in [9.17, 15) is 13.6 Å². The predicted molar refractivity (Wildman–Crippen MR) is 82.5 cm³/mol. The van der Waals surface area contributed by atoms with E-state index < -0.39 is 11.6 Å². The first-order valence-corrected chi connectivity index (χ1v) is 7.50. The van der Waals surface area contributed by atoms with Gasteiger partial charge in [-0.1, -0.05) is 6.07 Å². The first kappa shape index (κ1) is 14.6. The van der Waals surface area contributed by atoms with Crippen LogP contribution in [0.15, 0.2) is 24.3 Å². The Morgan fingerprint density at radius 3 is 2.92 bits per heavy atom. The van der Waals surface area contributed by atoms with Crippen molar-refractivity contribution in [2.45, 2.75) is 19.3 Å². The van der Waals surface area contributed by atoms with Gasteiger partial charge in [0.05, 0.1) is 5.69 Å². The zero-order chi connectivity index (χ0) is 16.7. The summed E-state index contributed by atoms with van der Waals surface area (Å²) in [5, 5.41) is 16.0. The molecule has 1 amide bonds. The molecule has 0 aliphatic heterocycles. The Morgan fingerprint density at radius 1 is 1.17 bits per heavy atom. The van der Waals surface area contributed by atoms with Gasteiger partial charge in [-0.15, -0.1) is 0 Å². The zero-order valence-electron chi connectivity index (χ0n) is 12.5. The minimum Gasteiger partial charge on any atom is -0.304 e. The van der Waals surface area contributed by atoms with Crippen molar-refractivity contribution < 1.29 is 13.6 Å². The fourth-order valence-corrected chi connectivity index (χ4v) is 2.92. The van der Waals surface area contributed by atoms with E-state index in [2.05, 4.69) is 25.7 Å². The maximum Gasteiger partial charge on any atom is 0.277 e. The van der Waals surface area contributed by atoms with Crippen LogP contribution in [0, 0.1) is 11.6 Å². The number of aromatic amines is 2. The average Bonchev–Trinajstić information content (AvgIpc) is 3.26. The summed E-state index contributed by atoms with van der Waals surface area (Å²) < 4.78 is 27.1. The van der Waals surface area contributed by atoms with Crippen LogP contribution in [0.25, 0.3) is 11.3 Å². The fraction of sp³-hybridized carbons (Fsp3) is 0.188. The lowest BCUT2D eigenvalue weighted by Gasteiger charge is -2.00. The lowest BCUT2D eigenvalue weighted by atomic mass is 10.1. The van der Waals surface area contributed by atoms with Crippen LogP contribution in [-0.4, -0.2) is 26.3 Å². The summed E-state index contributed by atoms with van der Waals surface area (Å²) in [4.78, 5) is 12.3. The third kappa shape index (κ3) is 2.36. The van der Waals surface area contributed by atoms with Gasteiger partial charge >= 0.3 is 0 Å². The molecular formula is C16H13F2N5O. The number of aromatic nitrogens is 4. The van der Waals surface area contributed by atoms with Crippen LogP contribution >= 0.6 is 0 Å². The van der Waals surface area contributed by atoms with Gasteiger partial charge in [-0.05, 0) is 31.4 Å². The molecule has 3 N–H and O–H groups in total. The van der Waals surface area contributed by atoms with E-state index in [4.69, 9.17) is 0 Å². The molecule has 0 bridgehead atoms. The average molecular weight is 329 g/mol. The molecule has 24 heavy (non-hydrogen) atoms. The number of benzene rings is 1. The maximum atomic E-state index is 13.8. The number of anilines is 1. The maximum absolute atomic E-state index is 13.8.